The first kappa shape index (κ1) is 19.2. The largest absolute Gasteiger partial charge is 0.489 e. The Morgan fingerprint density at radius 2 is 1.68 bits per heavy atom. The molecule has 5 rings (SSSR count). The molecule has 0 atom stereocenters. The van der Waals surface area contributed by atoms with Crippen LogP contribution in [0.15, 0.2) is 84.2 Å². The molecule has 31 heavy (non-hydrogen) atoms. The molecule has 6 heteroatoms. The summed E-state index contributed by atoms with van der Waals surface area (Å²) >= 11 is 1.40. The Morgan fingerprint density at radius 3 is 2.52 bits per heavy atom. The highest BCUT2D eigenvalue weighted by Crippen LogP contribution is 2.35. The van der Waals surface area contributed by atoms with Crippen molar-refractivity contribution in [1.29, 1.82) is 0 Å². The van der Waals surface area contributed by atoms with E-state index in [9.17, 15) is 4.79 Å². The molecule has 1 aliphatic rings. The van der Waals surface area contributed by atoms with Crippen molar-refractivity contribution in [1.82, 2.24) is 0 Å². The molecule has 0 radical (unpaired) electrons. The Balaban J connectivity index is 1.19. The van der Waals surface area contributed by atoms with E-state index in [1.54, 1.807) is 6.07 Å². The molecule has 0 unspecified atom stereocenters. The predicted octanol–water partition coefficient (Wildman–Crippen LogP) is 5.98. The van der Waals surface area contributed by atoms with Crippen molar-refractivity contribution in [2.75, 3.05) is 12.1 Å². The lowest BCUT2D eigenvalue weighted by atomic mass is 10.1. The highest BCUT2D eigenvalue weighted by Gasteiger charge is 2.14. The first-order valence-corrected chi connectivity index (χ1v) is 10.7. The number of thiophene rings is 1. The molecule has 0 aliphatic carbocycles. The fourth-order valence-corrected chi connectivity index (χ4v) is 4.06. The van der Waals surface area contributed by atoms with Gasteiger partial charge in [0.2, 0.25) is 6.79 Å². The van der Waals surface area contributed by atoms with E-state index < -0.39 is 0 Å². The van der Waals surface area contributed by atoms with Crippen molar-refractivity contribution in [2.45, 2.75) is 6.61 Å². The molecule has 3 aromatic carbocycles. The maximum Gasteiger partial charge on any atom is 0.265 e. The number of hydrogen-bond donors (Lipinski definition) is 1. The molecular weight excluding hydrogens is 410 g/mol. The fraction of sp³-hybridized carbons (Fsp3) is 0.0800. The van der Waals surface area contributed by atoms with Crippen LogP contribution in [0, 0.1) is 0 Å². The molecule has 5 nitrogen and oxygen atoms in total. The second kappa shape index (κ2) is 8.53. The second-order valence-electron chi connectivity index (χ2n) is 7.02. The van der Waals surface area contributed by atoms with Crippen molar-refractivity contribution in [3.05, 3.63) is 94.7 Å². The van der Waals surface area contributed by atoms with Crippen LogP contribution >= 0.6 is 11.3 Å². The third-order valence-electron chi connectivity index (χ3n) is 4.88. The summed E-state index contributed by atoms with van der Waals surface area (Å²) < 4.78 is 16.5. The van der Waals surface area contributed by atoms with Gasteiger partial charge in [-0.1, -0.05) is 42.5 Å². The minimum absolute atomic E-state index is 0.133. The Bertz CT molecular complexity index is 1200. The van der Waals surface area contributed by atoms with Crippen LogP contribution in [0.5, 0.6) is 17.2 Å². The number of nitrogens with one attached hydrogen (secondary N) is 1. The number of hydrogen-bond acceptors (Lipinski definition) is 5. The number of carbonyl (C=O) groups excluding carboxylic acids is 1. The molecule has 0 spiro atoms. The van der Waals surface area contributed by atoms with Crippen LogP contribution in [0.3, 0.4) is 0 Å². The number of carbonyl (C=O) groups is 1. The van der Waals surface area contributed by atoms with Gasteiger partial charge in [-0.15, -0.1) is 11.3 Å². The highest BCUT2D eigenvalue weighted by atomic mass is 32.1. The van der Waals surface area contributed by atoms with Gasteiger partial charge in [0.15, 0.2) is 11.5 Å². The summed E-state index contributed by atoms with van der Waals surface area (Å²) in [6, 6.07) is 25.3. The van der Waals surface area contributed by atoms with Crippen LogP contribution in [0.25, 0.3) is 11.1 Å². The molecule has 2 heterocycles. The molecule has 1 aliphatic heterocycles. The fourth-order valence-electron chi connectivity index (χ4n) is 3.27. The highest BCUT2D eigenvalue weighted by molar-refractivity contribution is 7.12. The lowest BCUT2D eigenvalue weighted by molar-refractivity contribution is 0.103. The van der Waals surface area contributed by atoms with E-state index in [0.29, 0.717) is 23.0 Å². The van der Waals surface area contributed by atoms with Gasteiger partial charge in [0.1, 0.15) is 12.4 Å². The van der Waals surface area contributed by atoms with Gasteiger partial charge in [0.25, 0.3) is 5.91 Å². The summed E-state index contributed by atoms with van der Waals surface area (Å²) in [7, 11) is 0. The maximum absolute atomic E-state index is 12.6. The average Bonchev–Trinajstić information content (AvgIpc) is 3.48. The third kappa shape index (κ3) is 4.39. The first-order chi connectivity index (χ1) is 15.2. The average molecular weight is 429 g/mol. The molecule has 1 aromatic heterocycles. The summed E-state index contributed by atoms with van der Waals surface area (Å²) in [5.74, 6) is 1.96. The predicted molar refractivity (Wildman–Crippen MR) is 121 cm³/mol. The zero-order chi connectivity index (χ0) is 21.0. The van der Waals surface area contributed by atoms with E-state index in [0.717, 1.165) is 28.1 Å². The van der Waals surface area contributed by atoms with Gasteiger partial charge >= 0.3 is 0 Å². The topological polar surface area (TPSA) is 56.8 Å². The lowest BCUT2D eigenvalue weighted by Gasteiger charge is -2.06. The van der Waals surface area contributed by atoms with Crippen molar-refractivity contribution >= 4 is 22.9 Å². The molecule has 0 saturated carbocycles. The molecule has 0 bridgehead atoms. The van der Waals surface area contributed by atoms with Crippen LogP contribution < -0.4 is 19.5 Å². The summed E-state index contributed by atoms with van der Waals surface area (Å²) in [6.07, 6.45) is 0. The van der Waals surface area contributed by atoms with Crippen LogP contribution in [0.2, 0.25) is 0 Å². The zero-order valence-corrected chi connectivity index (χ0v) is 17.4. The van der Waals surface area contributed by atoms with Gasteiger partial charge in [-0.3, -0.25) is 4.79 Å². The van der Waals surface area contributed by atoms with Crippen molar-refractivity contribution in [3.8, 4) is 28.4 Å². The van der Waals surface area contributed by atoms with E-state index >= 15 is 0 Å². The first-order valence-electron chi connectivity index (χ1n) is 9.81. The normalized spacial score (nSPS) is 11.9. The number of fused-ring (bicyclic) bond motifs is 1. The molecule has 154 valence electrons. The van der Waals surface area contributed by atoms with Gasteiger partial charge in [-0.05, 0) is 46.8 Å². The number of ether oxygens (including phenoxy) is 3. The van der Waals surface area contributed by atoms with Crippen LogP contribution in [-0.2, 0) is 6.61 Å². The molecule has 0 saturated heterocycles. The number of anilines is 1. The van der Waals surface area contributed by atoms with Crippen molar-refractivity contribution < 1.29 is 19.0 Å². The monoisotopic (exact) mass is 429 g/mol. The van der Waals surface area contributed by atoms with Gasteiger partial charge in [0.05, 0.1) is 4.88 Å². The maximum atomic E-state index is 12.6. The van der Waals surface area contributed by atoms with E-state index in [4.69, 9.17) is 14.2 Å². The van der Waals surface area contributed by atoms with Gasteiger partial charge in [-0.2, -0.15) is 0 Å². The van der Waals surface area contributed by atoms with Crippen LogP contribution in [-0.4, -0.2) is 12.7 Å². The van der Waals surface area contributed by atoms with Crippen molar-refractivity contribution in [3.63, 3.8) is 0 Å². The number of amides is 1. The standard InChI is InChI=1S/C25H19NO4S/c27-25(26-20-8-6-19(7-9-20)18-4-2-1-3-5-18)24-12-17(15-31-24)14-28-21-10-11-22-23(13-21)30-16-29-22/h1-13,15H,14,16H2,(H,26,27). The number of benzene rings is 3. The van der Waals surface area contributed by atoms with Gasteiger partial charge in [-0.25, -0.2) is 0 Å². The van der Waals surface area contributed by atoms with Crippen LogP contribution in [0.4, 0.5) is 5.69 Å². The van der Waals surface area contributed by atoms with E-state index in [1.807, 2.05) is 66.0 Å². The molecule has 4 aromatic rings. The van der Waals surface area contributed by atoms with E-state index in [1.165, 1.54) is 11.3 Å². The summed E-state index contributed by atoms with van der Waals surface area (Å²) in [5.41, 5.74) is 3.95. The smallest absolute Gasteiger partial charge is 0.265 e. The molecular formula is C25H19NO4S. The van der Waals surface area contributed by atoms with Gasteiger partial charge in [0, 0.05) is 17.3 Å². The van der Waals surface area contributed by atoms with Crippen LogP contribution in [0.1, 0.15) is 15.2 Å². The van der Waals surface area contributed by atoms with Gasteiger partial charge < -0.3 is 19.5 Å². The Morgan fingerprint density at radius 1 is 0.903 bits per heavy atom. The Hall–Kier alpha value is -3.77. The molecule has 1 N–H and O–H groups in total. The summed E-state index contributed by atoms with van der Waals surface area (Å²) in [4.78, 5) is 13.2. The molecule has 1 amide bonds. The van der Waals surface area contributed by atoms with Crippen molar-refractivity contribution in [2.24, 2.45) is 0 Å². The quantitative estimate of drug-likeness (QED) is 0.410. The zero-order valence-electron chi connectivity index (χ0n) is 16.5. The Kier molecular flexibility index (Phi) is 5.29. The summed E-state index contributed by atoms with van der Waals surface area (Å²) in [6.45, 7) is 0.603. The molecule has 0 fully saturated rings. The van der Waals surface area contributed by atoms with E-state index in [2.05, 4.69) is 17.4 Å². The van der Waals surface area contributed by atoms with E-state index in [-0.39, 0.29) is 12.7 Å². The Labute approximate surface area is 183 Å². The minimum Gasteiger partial charge on any atom is -0.489 e. The summed E-state index contributed by atoms with van der Waals surface area (Å²) in [5, 5.41) is 4.88. The third-order valence-corrected chi connectivity index (χ3v) is 5.85. The SMILES string of the molecule is O=C(Nc1ccc(-c2ccccc2)cc1)c1cc(COc2ccc3c(c2)OCO3)cs1. The lowest BCUT2D eigenvalue weighted by Crippen LogP contribution is -2.10. The minimum atomic E-state index is -0.133. The number of rotatable bonds is 6. The second-order valence-corrected chi connectivity index (χ2v) is 7.93.